The number of nitriles is 1. The second-order valence-electron chi connectivity index (χ2n) is 4.24. The molecule has 2 N–H and O–H groups in total. The highest BCUT2D eigenvalue weighted by molar-refractivity contribution is 5.85. The smallest absolute Gasteiger partial charge is 0.240 e. The number of aromatic amines is 1. The Kier molecular flexibility index (Phi) is 3.89. The second-order valence-corrected chi connectivity index (χ2v) is 4.24. The zero-order valence-electron chi connectivity index (χ0n) is 9.98. The number of nitrogens with zero attached hydrogens (tertiary/aromatic N) is 3. The molecule has 18 heavy (non-hydrogen) atoms. The average Bonchev–Trinajstić information content (AvgIpc) is 2.92. The van der Waals surface area contributed by atoms with Gasteiger partial charge in [-0.1, -0.05) is 0 Å². The van der Waals surface area contributed by atoms with Crippen LogP contribution in [0.5, 0.6) is 0 Å². The second kappa shape index (κ2) is 5.60. The maximum atomic E-state index is 12.0. The molecule has 1 aliphatic rings. The van der Waals surface area contributed by atoms with Crippen molar-refractivity contribution in [3.63, 3.8) is 0 Å². The Labute approximate surface area is 105 Å². The van der Waals surface area contributed by atoms with Crippen molar-refractivity contribution in [3.05, 3.63) is 12.2 Å². The standard InChI is InChI=1S/C11H15N5O2/c12-7-11(2-5-18-6-3-11)10(17)13-4-1-9-14-8-15-16-9/h8H,1-6H2,(H,13,17)(H,14,15,16). The molecule has 2 rings (SSSR count). The summed E-state index contributed by atoms with van der Waals surface area (Å²) in [5.41, 5.74) is -0.931. The number of carbonyl (C=O) groups excluding carboxylic acids is 1. The molecule has 0 unspecified atom stereocenters. The van der Waals surface area contributed by atoms with Crippen molar-refractivity contribution < 1.29 is 9.53 Å². The van der Waals surface area contributed by atoms with Crippen molar-refractivity contribution in [2.75, 3.05) is 19.8 Å². The summed E-state index contributed by atoms with van der Waals surface area (Å²) in [6.45, 7) is 1.37. The van der Waals surface area contributed by atoms with Crippen LogP contribution in [0, 0.1) is 16.7 Å². The highest BCUT2D eigenvalue weighted by atomic mass is 16.5. The van der Waals surface area contributed by atoms with Gasteiger partial charge in [-0.05, 0) is 12.8 Å². The fraction of sp³-hybridized carbons (Fsp3) is 0.636. The van der Waals surface area contributed by atoms with Crippen molar-refractivity contribution >= 4 is 5.91 Å². The monoisotopic (exact) mass is 249 g/mol. The average molecular weight is 249 g/mol. The van der Waals surface area contributed by atoms with E-state index in [-0.39, 0.29) is 5.91 Å². The number of carbonyl (C=O) groups is 1. The van der Waals surface area contributed by atoms with Crippen molar-refractivity contribution in [2.24, 2.45) is 5.41 Å². The van der Waals surface area contributed by atoms with Gasteiger partial charge in [-0.15, -0.1) is 0 Å². The summed E-state index contributed by atoms with van der Waals surface area (Å²) < 4.78 is 5.19. The van der Waals surface area contributed by atoms with E-state index in [1.807, 2.05) is 0 Å². The molecular formula is C11H15N5O2. The molecule has 1 amide bonds. The van der Waals surface area contributed by atoms with E-state index in [0.717, 1.165) is 0 Å². The Hall–Kier alpha value is -1.94. The highest BCUT2D eigenvalue weighted by Gasteiger charge is 2.40. The number of hydrogen-bond donors (Lipinski definition) is 2. The van der Waals surface area contributed by atoms with Gasteiger partial charge in [-0.25, -0.2) is 4.98 Å². The Morgan fingerprint density at radius 3 is 3.00 bits per heavy atom. The van der Waals surface area contributed by atoms with E-state index in [1.54, 1.807) is 0 Å². The molecule has 0 atom stereocenters. The van der Waals surface area contributed by atoms with Gasteiger partial charge in [-0.3, -0.25) is 9.89 Å². The number of nitrogens with one attached hydrogen (secondary N) is 2. The van der Waals surface area contributed by atoms with Crippen LogP contribution in [0.1, 0.15) is 18.7 Å². The number of ether oxygens (including phenoxy) is 1. The molecule has 0 spiro atoms. The van der Waals surface area contributed by atoms with E-state index in [4.69, 9.17) is 4.74 Å². The van der Waals surface area contributed by atoms with Crippen LogP contribution >= 0.6 is 0 Å². The van der Waals surface area contributed by atoms with Crippen LogP contribution in [0.3, 0.4) is 0 Å². The summed E-state index contributed by atoms with van der Waals surface area (Å²) >= 11 is 0. The number of hydrogen-bond acceptors (Lipinski definition) is 5. The van der Waals surface area contributed by atoms with E-state index >= 15 is 0 Å². The van der Waals surface area contributed by atoms with Gasteiger partial charge in [0.05, 0.1) is 6.07 Å². The number of aromatic nitrogens is 3. The summed E-state index contributed by atoms with van der Waals surface area (Å²) in [5, 5.41) is 18.4. The molecule has 0 bridgehead atoms. The molecule has 96 valence electrons. The van der Waals surface area contributed by atoms with E-state index < -0.39 is 5.41 Å². The van der Waals surface area contributed by atoms with Gasteiger partial charge in [0.15, 0.2) is 0 Å². The molecule has 0 aliphatic carbocycles. The highest BCUT2D eigenvalue weighted by Crippen LogP contribution is 2.29. The molecule has 1 aromatic rings. The summed E-state index contributed by atoms with van der Waals surface area (Å²) in [7, 11) is 0. The summed E-state index contributed by atoms with van der Waals surface area (Å²) in [5.74, 6) is 0.501. The van der Waals surface area contributed by atoms with Crippen LogP contribution in [0.25, 0.3) is 0 Å². The van der Waals surface area contributed by atoms with Crippen LogP contribution < -0.4 is 5.32 Å². The van der Waals surface area contributed by atoms with E-state index in [2.05, 4.69) is 26.6 Å². The minimum absolute atomic E-state index is 0.215. The summed E-state index contributed by atoms with van der Waals surface area (Å²) in [6, 6.07) is 2.13. The first-order valence-corrected chi connectivity index (χ1v) is 5.88. The normalized spacial score (nSPS) is 17.9. The molecule has 7 heteroatoms. The molecule has 1 aliphatic heterocycles. The summed E-state index contributed by atoms with van der Waals surface area (Å²) in [4.78, 5) is 16.0. The lowest BCUT2D eigenvalue weighted by atomic mass is 9.81. The Bertz CT molecular complexity index is 431. The van der Waals surface area contributed by atoms with Crippen LogP contribution in [0.15, 0.2) is 6.33 Å². The zero-order valence-corrected chi connectivity index (χ0v) is 9.98. The van der Waals surface area contributed by atoms with Gasteiger partial charge in [0.2, 0.25) is 5.91 Å². The van der Waals surface area contributed by atoms with Gasteiger partial charge >= 0.3 is 0 Å². The Balaban J connectivity index is 1.84. The predicted octanol–water partition coefficient (Wildman–Crippen LogP) is -0.216. The van der Waals surface area contributed by atoms with Gasteiger partial charge in [0.25, 0.3) is 0 Å². The lowest BCUT2D eigenvalue weighted by Crippen LogP contribution is -2.44. The largest absolute Gasteiger partial charge is 0.381 e. The maximum absolute atomic E-state index is 12.0. The number of H-pyrrole nitrogens is 1. The maximum Gasteiger partial charge on any atom is 0.240 e. The minimum atomic E-state index is -0.931. The topological polar surface area (TPSA) is 104 Å². The van der Waals surface area contributed by atoms with Crippen molar-refractivity contribution in [1.82, 2.24) is 20.5 Å². The van der Waals surface area contributed by atoms with Crippen LogP contribution in [-0.2, 0) is 16.0 Å². The molecule has 1 aromatic heterocycles. The Morgan fingerprint density at radius 1 is 1.61 bits per heavy atom. The SMILES string of the molecule is N#CC1(C(=O)NCCc2ncn[nH]2)CCOCC1. The number of rotatable bonds is 4. The van der Waals surface area contributed by atoms with Crippen LogP contribution in [0.2, 0.25) is 0 Å². The fourth-order valence-corrected chi connectivity index (χ4v) is 1.92. The van der Waals surface area contributed by atoms with E-state index in [9.17, 15) is 10.1 Å². The molecule has 7 nitrogen and oxygen atoms in total. The van der Waals surface area contributed by atoms with E-state index in [0.29, 0.717) is 44.8 Å². The third-order valence-corrected chi connectivity index (χ3v) is 3.11. The molecule has 0 radical (unpaired) electrons. The molecule has 0 saturated carbocycles. The first-order chi connectivity index (χ1) is 8.77. The lowest BCUT2D eigenvalue weighted by Gasteiger charge is -2.29. The van der Waals surface area contributed by atoms with Gasteiger partial charge in [-0.2, -0.15) is 10.4 Å². The quantitative estimate of drug-likeness (QED) is 0.768. The fourth-order valence-electron chi connectivity index (χ4n) is 1.92. The van der Waals surface area contributed by atoms with Gasteiger partial charge < -0.3 is 10.1 Å². The predicted molar refractivity (Wildman–Crippen MR) is 61.2 cm³/mol. The minimum Gasteiger partial charge on any atom is -0.381 e. The zero-order chi connectivity index (χ0) is 12.8. The first kappa shape index (κ1) is 12.5. The molecule has 2 heterocycles. The molecule has 0 aromatic carbocycles. The van der Waals surface area contributed by atoms with Crippen molar-refractivity contribution in [3.8, 4) is 6.07 Å². The van der Waals surface area contributed by atoms with Gasteiger partial charge in [0.1, 0.15) is 17.6 Å². The third-order valence-electron chi connectivity index (χ3n) is 3.11. The first-order valence-electron chi connectivity index (χ1n) is 5.88. The van der Waals surface area contributed by atoms with Crippen molar-refractivity contribution in [1.29, 1.82) is 5.26 Å². The third kappa shape index (κ3) is 2.65. The van der Waals surface area contributed by atoms with Gasteiger partial charge in [0, 0.05) is 26.2 Å². The molecule has 1 saturated heterocycles. The lowest BCUT2D eigenvalue weighted by molar-refractivity contribution is -0.132. The van der Waals surface area contributed by atoms with Crippen LogP contribution in [0.4, 0.5) is 0 Å². The number of amides is 1. The summed E-state index contributed by atoms with van der Waals surface area (Å²) in [6.07, 6.45) is 2.91. The van der Waals surface area contributed by atoms with E-state index in [1.165, 1.54) is 6.33 Å². The molecule has 1 fully saturated rings. The molecular weight excluding hydrogens is 234 g/mol. The van der Waals surface area contributed by atoms with Crippen LogP contribution in [-0.4, -0.2) is 40.8 Å². The van der Waals surface area contributed by atoms with Crippen molar-refractivity contribution in [2.45, 2.75) is 19.3 Å². The Morgan fingerprint density at radius 2 is 2.39 bits per heavy atom.